The van der Waals surface area contributed by atoms with Crippen LogP contribution in [-0.2, 0) is 4.79 Å². The summed E-state index contributed by atoms with van der Waals surface area (Å²) in [5.41, 5.74) is 4.52. The summed E-state index contributed by atoms with van der Waals surface area (Å²) >= 11 is 0. The van der Waals surface area contributed by atoms with E-state index in [9.17, 15) is 9.59 Å². The van der Waals surface area contributed by atoms with Crippen LogP contribution in [0.1, 0.15) is 43.9 Å². The summed E-state index contributed by atoms with van der Waals surface area (Å²) < 4.78 is 1.67. The van der Waals surface area contributed by atoms with Crippen molar-refractivity contribution in [1.82, 2.24) is 4.57 Å². The van der Waals surface area contributed by atoms with E-state index < -0.39 is 0 Å². The molecule has 0 aliphatic carbocycles. The van der Waals surface area contributed by atoms with E-state index in [0.717, 1.165) is 33.5 Å². The first kappa shape index (κ1) is 19.9. The number of anilines is 1. The van der Waals surface area contributed by atoms with Gasteiger partial charge in [0.1, 0.15) is 0 Å². The highest BCUT2D eigenvalue weighted by Crippen LogP contribution is 2.26. The number of rotatable bonds is 3. The van der Waals surface area contributed by atoms with E-state index in [1.165, 1.54) is 0 Å². The van der Waals surface area contributed by atoms with Gasteiger partial charge in [-0.15, -0.1) is 0 Å². The predicted molar refractivity (Wildman–Crippen MR) is 116 cm³/mol. The molecule has 0 spiro atoms. The fourth-order valence-electron chi connectivity index (χ4n) is 3.51. The van der Waals surface area contributed by atoms with Gasteiger partial charge in [0.2, 0.25) is 5.91 Å². The molecule has 0 aliphatic rings. The van der Waals surface area contributed by atoms with Crippen LogP contribution in [0.2, 0.25) is 0 Å². The molecule has 3 rings (SSSR count). The molecule has 4 heteroatoms. The fraction of sp³-hybridized carbons (Fsp3) is 0.333. The molecule has 0 saturated heterocycles. The molecule has 0 bridgehead atoms. The summed E-state index contributed by atoms with van der Waals surface area (Å²) in [7, 11) is 0. The number of carbonyl (C=O) groups is 1. The Balaban J connectivity index is 2.00. The molecular formula is C24H28N2O2. The van der Waals surface area contributed by atoms with E-state index in [1.54, 1.807) is 4.57 Å². The Bertz CT molecular complexity index is 1090. The summed E-state index contributed by atoms with van der Waals surface area (Å²) in [5.74, 6) is 0.00434. The number of carbonyl (C=O) groups excluding carboxylic acids is 1. The van der Waals surface area contributed by atoms with Gasteiger partial charge in [0, 0.05) is 29.4 Å². The van der Waals surface area contributed by atoms with Crippen LogP contribution in [0.5, 0.6) is 0 Å². The lowest BCUT2D eigenvalue weighted by atomic mass is 9.92. The largest absolute Gasteiger partial charge is 0.326 e. The van der Waals surface area contributed by atoms with Gasteiger partial charge in [-0.1, -0.05) is 38.5 Å². The van der Waals surface area contributed by atoms with Crippen molar-refractivity contribution in [3.05, 3.63) is 69.6 Å². The molecule has 0 aliphatic heterocycles. The van der Waals surface area contributed by atoms with Crippen molar-refractivity contribution in [1.29, 1.82) is 0 Å². The SMILES string of the molecule is Cc1ccc2c(=O)n(-c3cc(C)c(NC(=O)CC(C)(C)C)c(C)c3)ccc2c1. The van der Waals surface area contributed by atoms with Crippen LogP contribution in [0.3, 0.4) is 0 Å². The lowest BCUT2D eigenvalue weighted by Gasteiger charge is -2.19. The lowest BCUT2D eigenvalue weighted by Crippen LogP contribution is -2.21. The molecule has 0 atom stereocenters. The zero-order valence-electron chi connectivity index (χ0n) is 17.5. The van der Waals surface area contributed by atoms with Crippen molar-refractivity contribution in [2.45, 2.75) is 48.0 Å². The number of amides is 1. The molecule has 3 aromatic rings. The topological polar surface area (TPSA) is 51.1 Å². The number of hydrogen-bond acceptors (Lipinski definition) is 2. The van der Waals surface area contributed by atoms with Crippen molar-refractivity contribution < 1.29 is 4.79 Å². The maximum atomic E-state index is 13.0. The predicted octanol–water partition coefficient (Wildman–Crippen LogP) is 5.29. The molecule has 0 fully saturated rings. The van der Waals surface area contributed by atoms with Gasteiger partial charge in [0.05, 0.1) is 0 Å². The van der Waals surface area contributed by atoms with Crippen LogP contribution in [0, 0.1) is 26.2 Å². The van der Waals surface area contributed by atoms with Gasteiger partial charge < -0.3 is 5.32 Å². The minimum Gasteiger partial charge on any atom is -0.326 e. The minimum atomic E-state index is -0.0669. The zero-order valence-corrected chi connectivity index (χ0v) is 17.5. The Kier molecular flexibility index (Phi) is 5.16. The zero-order chi connectivity index (χ0) is 20.6. The first-order valence-electron chi connectivity index (χ1n) is 9.59. The quantitative estimate of drug-likeness (QED) is 0.675. The van der Waals surface area contributed by atoms with Gasteiger partial charge in [-0.3, -0.25) is 14.2 Å². The van der Waals surface area contributed by atoms with Gasteiger partial charge in [0.15, 0.2) is 0 Å². The van der Waals surface area contributed by atoms with Crippen LogP contribution in [0.25, 0.3) is 16.5 Å². The van der Waals surface area contributed by atoms with Crippen LogP contribution < -0.4 is 10.9 Å². The molecule has 1 aromatic heterocycles. The number of aryl methyl sites for hydroxylation is 3. The first-order valence-corrected chi connectivity index (χ1v) is 9.59. The second kappa shape index (κ2) is 7.27. The number of fused-ring (bicyclic) bond motifs is 1. The van der Waals surface area contributed by atoms with E-state index in [1.807, 2.05) is 84.1 Å². The minimum absolute atomic E-state index is 0.00434. The smallest absolute Gasteiger partial charge is 0.262 e. The molecule has 1 N–H and O–H groups in total. The fourth-order valence-corrected chi connectivity index (χ4v) is 3.51. The monoisotopic (exact) mass is 376 g/mol. The molecule has 146 valence electrons. The highest BCUT2D eigenvalue weighted by Gasteiger charge is 2.18. The Morgan fingerprint density at radius 3 is 2.25 bits per heavy atom. The molecule has 0 unspecified atom stereocenters. The van der Waals surface area contributed by atoms with Crippen molar-refractivity contribution in [3.8, 4) is 5.69 Å². The third-order valence-corrected chi connectivity index (χ3v) is 4.81. The summed E-state index contributed by atoms with van der Waals surface area (Å²) in [5, 5.41) is 4.68. The number of hydrogen-bond donors (Lipinski definition) is 1. The van der Waals surface area contributed by atoms with E-state index in [-0.39, 0.29) is 16.9 Å². The molecular weight excluding hydrogens is 348 g/mol. The van der Waals surface area contributed by atoms with E-state index in [0.29, 0.717) is 11.8 Å². The number of nitrogens with zero attached hydrogens (tertiary/aromatic N) is 1. The van der Waals surface area contributed by atoms with Crippen molar-refractivity contribution >= 4 is 22.4 Å². The third-order valence-electron chi connectivity index (χ3n) is 4.81. The van der Waals surface area contributed by atoms with E-state index in [2.05, 4.69) is 5.32 Å². The highest BCUT2D eigenvalue weighted by atomic mass is 16.1. The second-order valence-corrected chi connectivity index (χ2v) is 8.82. The number of pyridine rings is 1. The Labute approximate surface area is 166 Å². The van der Waals surface area contributed by atoms with Gasteiger partial charge in [-0.25, -0.2) is 0 Å². The van der Waals surface area contributed by atoms with E-state index in [4.69, 9.17) is 0 Å². The third kappa shape index (κ3) is 4.16. The molecule has 28 heavy (non-hydrogen) atoms. The summed E-state index contributed by atoms with van der Waals surface area (Å²) in [6.07, 6.45) is 2.27. The molecule has 0 radical (unpaired) electrons. The van der Waals surface area contributed by atoms with Crippen LogP contribution in [0.4, 0.5) is 5.69 Å². The summed E-state index contributed by atoms with van der Waals surface area (Å²) in [6.45, 7) is 12.1. The lowest BCUT2D eigenvalue weighted by molar-refractivity contribution is -0.117. The Hall–Kier alpha value is -2.88. The normalized spacial score (nSPS) is 11.6. The molecule has 2 aromatic carbocycles. The molecule has 0 saturated carbocycles. The van der Waals surface area contributed by atoms with Crippen LogP contribution in [0.15, 0.2) is 47.4 Å². The number of aromatic nitrogens is 1. The number of nitrogens with one attached hydrogen (secondary N) is 1. The first-order chi connectivity index (χ1) is 13.0. The molecule has 1 heterocycles. The summed E-state index contributed by atoms with van der Waals surface area (Å²) in [6, 6.07) is 11.7. The van der Waals surface area contributed by atoms with E-state index >= 15 is 0 Å². The maximum absolute atomic E-state index is 13.0. The maximum Gasteiger partial charge on any atom is 0.262 e. The average molecular weight is 377 g/mol. The van der Waals surface area contributed by atoms with Crippen LogP contribution in [-0.4, -0.2) is 10.5 Å². The van der Waals surface area contributed by atoms with Gasteiger partial charge >= 0.3 is 0 Å². The average Bonchev–Trinajstić information content (AvgIpc) is 2.56. The Morgan fingerprint density at radius 2 is 1.64 bits per heavy atom. The van der Waals surface area contributed by atoms with Gasteiger partial charge in [-0.2, -0.15) is 0 Å². The van der Waals surface area contributed by atoms with Gasteiger partial charge in [-0.05, 0) is 67.0 Å². The number of benzene rings is 2. The molecule has 4 nitrogen and oxygen atoms in total. The van der Waals surface area contributed by atoms with Crippen molar-refractivity contribution in [3.63, 3.8) is 0 Å². The summed E-state index contributed by atoms with van der Waals surface area (Å²) in [4.78, 5) is 25.3. The van der Waals surface area contributed by atoms with Gasteiger partial charge in [0.25, 0.3) is 5.56 Å². The van der Waals surface area contributed by atoms with Crippen molar-refractivity contribution in [2.24, 2.45) is 5.41 Å². The van der Waals surface area contributed by atoms with Crippen molar-refractivity contribution in [2.75, 3.05) is 5.32 Å². The second-order valence-electron chi connectivity index (χ2n) is 8.82. The highest BCUT2D eigenvalue weighted by molar-refractivity contribution is 5.93. The molecule has 1 amide bonds. The van der Waals surface area contributed by atoms with Crippen LogP contribution >= 0.6 is 0 Å². The Morgan fingerprint density at radius 1 is 1.00 bits per heavy atom. The standard InChI is InChI=1S/C24H28N2O2/c1-15-7-8-20-18(11-15)9-10-26(23(20)28)19-12-16(2)22(17(3)13-19)25-21(27)14-24(4,5)6/h7-13H,14H2,1-6H3,(H,25,27).